The van der Waals surface area contributed by atoms with Crippen molar-refractivity contribution < 1.29 is 19.8 Å². The van der Waals surface area contributed by atoms with Crippen LogP contribution in [0.2, 0.25) is 0 Å². The molecule has 0 unspecified atom stereocenters. The molecule has 0 saturated heterocycles. The van der Waals surface area contributed by atoms with Crippen LogP contribution in [0, 0.1) is 0 Å². The maximum Gasteiger partial charge on any atom is 0.204 e. The van der Waals surface area contributed by atoms with Crippen molar-refractivity contribution in [1.29, 1.82) is 0 Å². The van der Waals surface area contributed by atoms with E-state index in [1.165, 1.54) is 0 Å². The lowest BCUT2D eigenvalue weighted by Crippen LogP contribution is -2.20. The highest BCUT2D eigenvalue weighted by atomic mass is 16.3. The van der Waals surface area contributed by atoms with Gasteiger partial charge in [0, 0.05) is 41.0 Å². The average Bonchev–Trinajstić information content (AvgIpc) is 3.23. The summed E-state index contributed by atoms with van der Waals surface area (Å²) in [6.45, 7) is 12.6. The van der Waals surface area contributed by atoms with E-state index in [9.17, 15) is 19.8 Å². The topological polar surface area (TPSA) is 104 Å². The molecule has 0 fully saturated rings. The molecule has 1 aromatic heterocycles. The van der Waals surface area contributed by atoms with Crippen molar-refractivity contribution in [3.8, 4) is 5.75 Å². The summed E-state index contributed by atoms with van der Waals surface area (Å²) < 4.78 is 1.81. The number of carbonyl (C=O) groups excluding carboxylic acids is 2. The molecule has 210 valence electrons. The van der Waals surface area contributed by atoms with Crippen molar-refractivity contribution >= 4 is 28.5 Å². The van der Waals surface area contributed by atoms with Gasteiger partial charge in [-0.05, 0) is 47.6 Å². The second-order valence-electron chi connectivity index (χ2n) is 12.3. The van der Waals surface area contributed by atoms with Crippen LogP contribution in [0.5, 0.6) is 5.75 Å². The standard InChI is InChI=1S/C33H39N3O4/c1-32(2,3)24-17-23(18-25(30(24)40)33(4,5)6)28(38)20-36-27-14-13-22(29(39)21-11-8-7-9-12-21)19-26(27)35-31(36)34-15-10-16-37/h7-9,11-14,17-19,37,40H,10,15-16,20H2,1-6H3,(H,34,35). The number of anilines is 1. The summed E-state index contributed by atoms with van der Waals surface area (Å²) in [5.41, 5.74) is 3.67. The van der Waals surface area contributed by atoms with Gasteiger partial charge in [0.1, 0.15) is 5.75 Å². The van der Waals surface area contributed by atoms with Crippen LogP contribution in [0.1, 0.15) is 85.4 Å². The highest BCUT2D eigenvalue weighted by Gasteiger charge is 2.28. The van der Waals surface area contributed by atoms with Gasteiger partial charge in [0.15, 0.2) is 11.6 Å². The molecule has 0 aliphatic heterocycles. The Bertz CT molecular complexity index is 1500. The van der Waals surface area contributed by atoms with E-state index in [0.717, 1.165) is 16.6 Å². The van der Waals surface area contributed by atoms with E-state index in [0.29, 0.717) is 41.1 Å². The first kappa shape index (κ1) is 29.0. The van der Waals surface area contributed by atoms with E-state index in [1.807, 2.05) is 70.4 Å². The first-order chi connectivity index (χ1) is 18.8. The van der Waals surface area contributed by atoms with Crippen LogP contribution in [-0.2, 0) is 17.4 Å². The van der Waals surface area contributed by atoms with Gasteiger partial charge in [-0.25, -0.2) is 4.98 Å². The molecule has 7 nitrogen and oxygen atoms in total. The van der Waals surface area contributed by atoms with Crippen LogP contribution in [0.3, 0.4) is 0 Å². The fourth-order valence-corrected chi connectivity index (χ4v) is 4.78. The molecular formula is C33H39N3O4. The minimum Gasteiger partial charge on any atom is -0.507 e. The zero-order valence-electron chi connectivity index (χ0n) is 24.2. The number of aliphatic hydroxyl groups is 1. The second-order valence-corrected chi connectivity index (χ2v) is 12.3. The molecule has 0 spiro atoms. The number of ketones is 2. The van der Waals surface area contributed by atoms with Gasteiger partial charge >= 0.3 is 0 Å². The Kier molecular flexibility index (Phi) is 8.17. The summed E-state index contributed by atoms with van der Waals surface area (Å²) in [5.74, 6) is 0.500. The van der Waals surface area contributed by atoms with Crippen LogP contribution >= 0.6 is 0 Å². The maximum atomic E-state index is 13.8. The molecule has 0 aliphatic rings. The second kappa shape index (κ2) is 11.3. The number of Topliss-reactive ketones (excluding diaryl/α,β-unsaturated/α-hetero) is 1. The molecular weight excluding hydrogens is 502 g/mol. The number of imidazole rings is 1. The van der Waals surface area contributed by atoms with E-state index in [1.54, 1.807) is 36.4 Å². The number of aromatic nitrogens is 2. The van der Waals surface area contributed by atoms with Gasteiger partial charge in [0.2, 0.25) is 5.95 Å². The Labute approximate surface area is 235 Å². The van der Waals surface area contributed by atoms with Gasteiger partial charge < -0.3 is 20.1 Å². The number of hydrogen-bond acceptors (Lipinski definition) is 6. The number of nitrogens with one attached hydrogen (secondary N) is 1. The maximum absolute atomic E-state index is 13.8. The molecule has 7 heteroatoms. The van der Waals surface area contributed by atoms with Crippen molar-refractivity contribution in [3.63, 3.8) is 0 Å². The lowest BCUT2D eigenvalue weighted by atomic mass is 9.78. The molecule has 0 amide bonds. The molecule has 0 atom stereocenters. The highest BCUT2D eigenvalue weighted by Crippen LogP contribution is 2.40. The normalized spacial score (nSPS) is 12.1. The van der Waals surface area contributed by atoms with Crippen molar-refractivity contribution in [2.75, 3.05) is 18.5 Å². The lowest BCUT2D eigenvalue weighted by Gasteiger charge is -2.28. The average molecular weight is 542 g/mol. The molecule has 0 aliphatic carbocycles. The van der Waals surface area contributed by atoms with Crippen LogP contribution in [0.15, 0.2) is 60.7 Å². The third kappa shape index (κ3) is 6.10. The number of rotatable bonds is 9. The fraction of sp³-hybridized carbons (Fsp3) is 0.364. The van der Waals surface area contributed by atoms with Crippen molar-refractivity contribution in [1.82, 2.24) is 9.55 Å². The molecule has 40 heavy (non-hydrogen) atoms. The molecule has 1 heterocycles. The lowest BCUT2D eigenvalue weighted by molar-refractivity contribution is 0.0972. The Morgan fingerprint density at radius 1 is 0.850 bits per heavy atom. The van der Waals surface area contributed by atoms with Crippen LogP contribution in [0.25, 0.3) is 11.0 Å². The molecule has 3 N–H and O–H groups in total. The molecule has 0 bridgehead atoms. The zero-order chi connectivity index (χ0) is 29.2. The van der Waals surface area contributed by atoms with E-state index in [-0.39, 0.29) is 41.3 Å². The Hall–Kier alpha value is -3.97. The van der Waals surface area contributed by atoms with Gasteiger partial charge in [-0.15, -0.1) is 0 Å². The molecule has 0 saturated carbocycles. The summed E-state index contributed by atoms with van der Waals surface area (Å²) in [7, 11) is 0. The van der Waals surface area contributed by atoms with Gasteiger partial charge in [-0.2, -0.15) is 0 Å². The summed E-state index contributed by atoms with van der Waals surface area (Å²) in [6, 6.07) is 18.0. The zero-order valence-corrected chi connectivity index (χ0v) is 24.2. The van der Waals surface area contributed by atoms with Crippen LogP contribution < -0.4 is 5.32 Å². The van der Waals surface area contributed by atoms with Gasteiger partial charge in [-0.3, -0.25) is 9.59 Å². The number of hydrogen-bond donors (Lipinski definition) is 3. The van der Waals surface area contributed by atoms with E-state index in [2.05, 4.69) is 5.32 Å². The largest absolute Gasteiger partial charge is 0.507 e. The monoisotopic (exact) mass is 541 g/mol. The van der Waals surface area contributed by atoms with Crippen LogP contribution in [0.4, 0.5) is 5.95 Å². The summed E-state index contributed by atoms with van der Waals surface area (Å²) in [4.78, 5) is 31.6. The molecule has 4 aromatic rings. The summed E-state index contributed by atoms with van der Waals surface area (Å²) in [5, 5.41) is 23.6. The number of nitrogens with zero attached hydrogens (tertiary/aromatic N) is 2. The number of aromatic hydroxyl groups is 1. The molecule has 3 aromatic carbocycles. The van der Waals surface area contributed by atoms with Crippen molar-refractivity contribution in [3.05, 3.63) is 88.5 Å². The number of benzene rings is 3. The van der Waals surface area contributed by atoms with E-state index >= 15 is 0 Å². The third-order valence-corrected chi connectivity index (χ3v) is 7.01. The van der Waals surface area contributed by atoms with Gasteiger partial charge in [-0.1, -0.05) is 71.9 Å². The minimum absolute atomic E-state index is 0.0158. The van der Waals surface area contributed by atoms with Crippen LogP contribution in [-0.4, -0.2) is 44.5 Å². The quantitative estimate of drug-likeness (QED) is 0.171. The summed E-state index contributed by atoms with van der Waals surface area (Å²) in [6.07, 6.45) is 0.525. The van der Waals surface area contributed by atoms with Gasteiger partial charge in [0.25, 0.3) is 0 Å². The first-order valence-corrected chi connectivity index (χ1v) is 13.7. The molecule has 4 rings (SSSR count). The fourth-order valence-electron chi connectivity index (χ4n) is 4.78. The smallest absolute Gasteiger partial charge is 0.204 e. The molecule has 0 radical (unpaired) electrons. The minimum atomic E-state index is -0.360. The number of carbonyl (C=O) groups is 2. The predicted molar refractivity (Wildman–Crippen MR) is 160 cm³/mol. The Morgan fingerprint density at radius 2 is 1.48 bits per heavy atom. The first-order valence-electron chi connectivity index (χ1n) is 13.7. The SMILES string of the molecule is CC(C)(C)c1cc(C(=O)Cn2c(NCCCO)nc3cc(C(=O)c4ccccc4)ccc32)cc(C(C)(C)C)c1O. The van der Waals surface area contributed by atoms with Crippen molar-refractivity contribution in [2.45, 2.75) is 65.3 Å². The number of fused-ring (bicyclic) bond motifs is 1. The Morgan fingerprint density at radius 3 is 2.05 bits per heavy atom. The third-order valence-electron chi connectivity index (χ3n) is 7.01. The predicted octanol–water partition coefficient (Wildman–Crippen LogP) is 6.25. The highest BCUT2D eigenvalue weighted by molar-refractivity contribution is 6.10. The summed E-state index contributed by atoms with van der Waals surface area (Å²) >= 11 is 0. The number of phenolic OH excluding ortho intramolecular Hbond substituents is 1. The number of aliphatic hydroxyl groups excluding tert-OH is 1. The van der Waals surface area contributed by atoms with E-state index in [4.69, 9.17) is 4.98 Å². The van der Waals surface area contributed by atoms with Crippen molar-refractivity contribution in [2.24, 2.45) is 0 Å². The number of phenols is 1. The Balaban J connectivity index is 1.77. The van der Waals surface area contributed by atoms with E-state index < -0.39 is 0 Å². The van der Waals surface area contributed by atoms with Gasteiger partial charge in [0.05, 0.1) is 17.6 Å².